The minimum absolute atomic E-state index is 0.0939. The number of benzene rings is 2. The molecule has 10 nitrogen and oxygen atoms in total. The fourth-order valence-electron chi connectivity index (χ4n) is 3.50. The van der Waals surface area contributed by atoms with Crippen molar-refractivity contribution < 1.29 is 24.2 Å². The van der Waals surface area contributed by atoms with Crippen LogP contribution in [0.3, 0.4) is 0 Å². The van der Waals surface area contributed by atoms with Gasteiger partial charge < -0.3 is 30.5 Å². The molecule has 0 radical (unpaired) electrons. The normalized spacial score (nSPS) is 10.3. The monoisotopic (exact) mass is 621 g/mol. The first kappa shape index (κ1) is 32.5. The molecule has 0 saturated carbocycles. The number of rotatable bonds is 9. The zero-order valence-electron chi connectivity index (χ0n) is 23.7. The van der Waals surface area contributed by atoms with Gasteiger partial charge in [0.05, 0.1) is 35.4 Å². The zero-order valence-corrected chi connectivity index (χ0v) is 25.2. The largest absolute Gasteiger partial charge is 0.495 e. The number of aromatic carboxylic acids is 1. The van der Waals surface area contributed by atoms with E-state index in [9.17, 15) is 9.59 Å². The molecule has 0 fully saturated rings. The SMILES string of the molecule is C#CC(C)(C)NC(=O)c1cccnc1Nc1ccc(Cl)c(OC)c1.COc1cc(Nc2ncccc2C(=O)O)ccc1Cl. The van der Waals surface area contributed by atoms with Gasteiger partial charge in [-0.2, -0.15) is 0 Å². The molecule has 2 aromatic heterocycles. The number of pyridine rings is 2. The third-order valence-electron chi connectivity index (χ3n) is 5.71. The summed E-state index contributed by atoms with van der Waals surface area (Å²) in [4.78, 5) is 31.8. The van der Waals surface area contributed by atoms with Crippen LogP contribution in [0.25, 0.3) is 0 Å². The maximum atomic E-state index is 12.5. The molecule has 0 aliphatic heterocycles. The van der Waals surface area contributed by atoms with Crippen LogP contribution in [-0.2, 0) is 0 Å². The van der Waals surface area contributed by atoms with Gasteiger partial charge in [0.15, 0.2) is 0 Å². The van der Waals surface area contributed by atoms with Crippen molar-refractivity contribution in [2.75, 3.05) is 24.9 Å². The molecular formula is C31H29Cl2N5O5. The highest BCUT2D eigenvalue weighted by Gasteiger charge is 2.21. The van der Waals surface area contributed by atoms with Crippen LogP contribution in [0.15, 0.2) is 73.1 Å². The number of nitrogens with zero attached hydrogens (tertiary/aromatic N) is 2. The summed E-state index contributed by atoms with van der Waals surface area (Å²) in [5.41, 5.74) is 1.06. The van der Waals surface area contributed by atoms with Crippen molar-refractivity contribution in [2.45, 2.75) is 19.4 Å². The Morgan fingerprint density at radius 3 is 1.74 bits per heavy atom. The second-order valence-corrected chi connectivity index (χ2v) is 10.1. The molecule has 0 aliphatic rings. The Morgan fingerprint density at radius 1 is 0.837 bits per heavy atom. The van der Waals surface area contributed by atoms with E-state index in [1.54, 1.807) is 74.6 Å². The number of terminal acetylenes is 1. The molecule has 4 rings (SSSR count). The summed E-state index contributed by atoms with van der Waals surface area (Å²) in [6.45, 7) is 3.50. The lowest BCUT2D eigenvalue weighted by atomic mass is 10.1. The minimum atomic E-state index is -1.04. The molecule has 0 unspecified atom stereocenters. The Kier molecular flexibility index (Phi) is 11.2. The zero-order chi connectivity index (χ0) is 31.6. The maximum absolute atomic E-state index is 12.5. The number of aromatic nitrogens is 2. The first-order valence-corrected chi connectivity index (χ1v) is 13.4. The Hall–Kier alpha value is -4.98. The molecule has 12 heteroatoms. The van der Waals surface area contributed by atoms with Crippen LogP contribution in [0.4, 0.5) is 23.0 Å². The smallest absolute Gasteiger partial charge is 0.339 e. The topological polar surface area (TPSA) is 135 Å². The summed E-state index contributed by atoms with van der Waals surface area (Å²) in [6.07, 6.45) is 8.53. The van der Waals surface area contributed by atoms with E-state index in [0.717, 1.165) is 0 Å². The third-order valence-corrected chi connectivity index (χ3v) is 6.33. The number of carbonyl (C=O) groups is 2. The van der Waals surface area contributed by atoms with Gasteiger partial charge in [0.2, 0.25) is 0 Å². The Labute approximate surface area is 259 Å². The average molecular weight is 623 g/mol. The molecule has 2 heterocycles. The Morgan fingerprint density at radius 2 is 1.30 bits per heavy atom. The van der Waals surface area contributed by atoms with Crippen LogP contribution in [0, 0.1) is 12.3 Å². The van der Waals surface area contributed by atoms with Crippen LogP contribution in [0.5, 0.6) is 11.5 Å². The van der Waals surface area contributed by atoms with Gasteiger partial charge in [-0.25, -0.2) is 14.8 Å². The molecule has 0 saturated heterocycles. The molecule has 0 bridgehead atoms. The van der Waals surface area contributed by atoms with E-state index >= 15 is 0 Å². The number of carbonyl (C=O) groups excluding carboxylic acids is 1. The molecule has 2 aromatic carbocycles. The highest BCUT2D eigenvalue weighted by atomic mass is 35.5. The molecule has 0 atom stereocenters. The summed E-state index contributed by atoms with van der Waals surface area (Å²) in [7, 11) is 3.04. The highest BCUT2D eigenvalue weighted by molar-refractivity contribution is 6.32. The summed E-state index contributed by atoms with van der Waals surface area (Å²) in [5.74, 6) is 2.87. The fraction of sp³-hybridized carbons (Fsp3) is 0.161. The van der Waals surface area contributed by atoms with Crippen LogP contribution < -0.4 is 25.4 Å². The van der Waals surface area contributed by atoms with Crippen LogP contribution in [0.1, 0.15) is 34.6 Å². The van der Waals surface area contributed by atoms with Crippen LogP contribution in [-0.4, -0.2) is 46.7 Å². The second kappa shape index (κ2) is 14.8. The first-order chi connectivity index (χ1) is 20.5. The molecular weight excluding hydrogens is 593 g/mol. The van der Waals surface area contributed by atoms with Gasteiger partial charge >= 0.3 is 5.97 Å². The minimum Gasteiger partial charge on any atom is -0.495 e. The van der Waals surface area contributed by atoms with Gasteiger partial charge in [-0.1, -0.05) is 29.1 Å². The van der Waals surface area contributed by atoms with Crippen molar-refractivity contribution in [3.8, 4) is 23.8 Å². The van der Waals surface area contributed by atoms with E-state index in [-0.39, 0.29) is 17.3 Å². The van der Waals surface area contributed by atoms with E-state index in [1.807, 2.05) is 0 Å². The van der Waals surface area contributed by atoms with Crippen molar-refractivity contribution in [1.29, 1.82) is 0 Å². The van der Waals surface area contributed by atoms with E-state index in [1.165, 1.54) is 26.5 Å². The van der Waals surface area contributed by atoms with Gasteiger partial charge in [0.25, 0.3) is 5.91 Å². The quantitative estimate of drug-likeness (QED) is 0.148. The standard InChI is InChI=1S/C18H18ClN3O2.C13H11ClN2O3/c1-5-18(2,3)22-17(23)13-7-6-10-20-16(13)21-12-8-9-14(19)15(11-12)24-4;1-19-11-7-8(4-5-10(11)14)16-12-9(13(17)18)3-2-6-15-12/h1,6-11H,2-4H3,(H,20,21)(H,22,23);2-7H,1H3,(H,15,16)(H,17,18). The van der Waals surface area contributed by atoms with Crippen molar-refractivity contribution in [3.63, 3.8) is 0 Å². The van der Waals surface area contributed by atoms with E-state index < -0.39 is 11.5 Å². The van der Waals surface area contributed by atoms with Crippen LogP contribution >= 0.6 is 23.2 Å². The molecule has 0 spiro atoms. The Balaban J connectivity index is 0.000000242. The molecule has 43 heavy (non-hydrogen) atoms. The van der Waals surface area contributed by atoms with Gasteiger partial charge in [0.1, 0.15) is 28.7 Å². The number of carboxylic acid groups (broad SMARTS) is 1. The number of halogens is 2. The second-order valence-electron chi connectivity index (χ2n) is 9.28. The summed E-state index contributed by atoms with van der Waals surface area (Å²) in [5, 5.41) is 18.8. The number of hydrogen-bond acceptors (Lipinski definition) is 8. The van der Waals surface area contributed by atoms with Gasteiger partial charge in [0, 0.05) is 35.9 Å². The van der Waals surface area contributed by atoms with Crippen molar-refractivity contribution in [2.24, 2.45) is 0 Å². The fourth-order valence-corrected chi connectivity index (χ4v) is 3.89. The number of anilines is 4. The summed E-state index contributed by atoms with van der Waals surface area (Å²) in [6, 6.07) is 16.6. The number of ether oxygens (including phenoxy) is 2. The van der Waals surface area contributed by atoms with E-state index in [4.69, 9.17) is 44.2 Å². The number of methoxy groups -OCH3 is 2. The van der Waals surface area contributed by atoms with Crippen molar-refractivity contribution in [1.82, 2.24) is 15.3 Å². The number of carboxylic acids is 1. The lowest BCUT2D eigenvalue weighted by Crippen LogP contribution is -2.42. The summed E-state index contributed by atoms with van der Waals surface area (Å²) < 4.78 is 10.3. The van der Waals surface area contributed by atoms with Crippen molar-refractivity contribution >= 4 is 58.1 Å². The lowest BCUT2D eigenvalue weighted by molar-refractivity contribution is 0.0697. The lowest BCUT2D eigenvalue weighted by Gasteiger charge is -2.20. The molecule has 1 amide bonds. The molecule has 4 aromatic rings. The van der Waals surface area contributed by atoms with E-state index in [2.05, 4.69) is 31.8 Å². The van der Waals surface area contributed by atoms with Gasteiger partial charge in [-0.15, -0.1) is 6.42 Å². The average Bonchev–Trinajstić information content (AvgIpc) is 2.99. The predicted octanol–water partition coefficient (Wildman–Crippen LogP) is 6.81. The van der Waals surface area contributed by atoms with Crippen molar-refractivity contribution in [3.05, 3.63) is 94.2 Å². The van der Waals surface area contributed by atoms with Gasteiger partial charge in [-0.3, -0.25) is 4.79 Å². The predicted molar refractivity (Wildman–Crippen MR) is 168 cm³/mol. The maximum Gasteiger partial charge on any atom is 0.339 e. The third kappa shape index (κ3) is 9.00. The van der Waals surface area contributed by atoms with Gasteiger partial charge in [-0.05, 0) is 62.4 Å². The van der Waals surface area contributed by atoms with E-state index in [0.29, 0.717) is 44.3 Å². The molecule has 222 valence electrons. The highest BCUT2D eigenvalue weighted by Crippen LogP contribution is 2.30. The Bertz CT molecular complexity index is 1660. The number of nitrogens with one attached hydrogen (secondary N) is 3. The molecule has 4 N–H and O–H groups in total. The summed E-state index contributed by atoms with van der Waals surface area (Å²) >= 11 is 11.9. The number of hydrogen-bond donors (Lipinski definition) is 4. The number of amides is 1. The van der Waals surface area contributed by atoms with Crippen LogP contribution in [0.2, 0.25) is 10.0 Å². The first-order valence-electron chi connectivity index (χ1n) is 12.6. The molecule has 0 aliphatic carbocycles.